The first-order chi connectivity index (χ1) is 11.4. The number of piperidine rings is 1. The van der Waals surface area contributed by atoms with Gasteiger partial charge in [-0.2, -0.15) is 0 Å². The Morgan fingerprint density at radius 3 is 2.65 bits per heavy atom. The van der Waals surface area contributed by atoms with Gasteiger partial charge < -0.3 is 4.42 Å². The van der Waals surface area contributed by atoms with Crippen LogP contribution in [-0.2, 0) is 6.54 Å². The average Bonchev–Trinajstić information content (AvgIpc) is 3.28. The lowest BCUT2D eigenvalue weighted by molar-refractivity contribution is 0.188. The molecule has 0 amide bonds. The Morgan fingerprint density at radius 2 is 1.91 bits per heavy atom. The summed E-state index contributed by atoms with van der Waals surface area (Å²) in [5, 5.41) is 0. The molecular weight excluding hydrogens is 288 g/mol. The van der Waals surface area contributed by atoms with Gasteiger partial charge in [-0.25, -0.2) is 5.43 Å². The molecule has 2 aromatic heterocycles. The lowest BCUT2D eigenvalue weighted by Gasteiger charge is -2.31. The average molecular weight is 312 g/mol. The molecule has 0 aliphatic carbocycles. The third-order valence-corrected chi connectivity index (χ3v) is 5.00. The molecule has 2 saturated heterocycles. The molecule has 4 rings (SSSR count). The smallest absolute Gasteiger partial charge is 0.122 e. The highest BCUT2D eigenvalue weighted by molar-refractivity contribution is 5.17. The fourth-order valence-corrected chi connectivity index (χ4v) is 3.64. The van der Waals surface area contributed by atoms with E-state index in [-0.39, 0.29) is 0 Å². The lowest BCUT2D eigenvalue weighted by atomic mass is 9.90. The molecule has 2 aliphatic heterocycles. The number of furan rings is 1. The Morgan fingerprint density at radius 1 is 1.09 bits per heavy atom. The molecule has 0 radical (unpaired) electrons. The SMILES string of the molecule is c1cc(C2CCN(Cc3ccc(C4CCNN4)o3)CC2)ccn1. The number of likely N-dealkylation sites (tertiary alicyclic amines) is 1. The first-order valence-corrected chi connectivity index (χ1v) is 8.58. The second kappa shape index (κ2) is 6.83. The van der Waals surface area contributed by atoms with Crippen LogP contribution in [-0.4, -0.2) is 29.5 Å². The minimum Gasteiger partial charge on any atom is -0.463 e. The van der Waals surface area contributed by atoms with Crippen molar-refractivity contribution in [1.82, 2.24) is 20.7 Å². The number of hydrogen-bond acceptors (Lipinski definition) is 5. The summed E-state index contributed by atoms with van der Waals surface area (Å²) in [5.74, 6) is 2.81. The molecule has 1 unspecified atom stereocenters. The number of rotatable bonds is 4. The van der Waals surface area contributed by atoms with Crippen LogP contribution in [0.1, 0.15) is 48.3 Å². The number of nitrogens with one attached hydrogen (secondary N) is 2. The van der Waals surface area contributed by atoms with Crippen LogP contribution in [0.5, 0.6) is 0 Å². The monoisotopic (exact) mass is 312 g/mol. The summed E-state index contributed by atoms with van der Waals surface area (Å²) in [6.45, 7) is 4.19. The fraction of sp³-hybridized carbons (Fsp3) is 0.500. The molecule has 4 heterocycles. The van der Waals surface area contributed by atoms with Crippen LogP contribution in [0.3, 0.4) is 0 Å². The zero-order chi connectivity index (χ0) is 15.5. The van der Waals surface area contributed by atoms with E-state index in [9.17, 15) is 0 Å². The number of aromatic nitrogens is 1. The van der Waals surface area contributed by atoms with Crippen molar-refractivity contribution in [3.8, 4) is 0 Å². The molecule has 2 aliphatic rings. The highest BCUT2D eigenvalue weighted by Crippen LogP contribution is 2.29. The third-order valence-electron chi connectivity index (χ3n) is 5.00. The van der Waals surface area contributed by atoms with E-state index in [2.05, 4.69) is 45.0 Å². The molecule has 5 heteroatoms. The third kappa shape index (κ3) is 3.47. The Kier molecular flexibility index (Phi) is 4.41. The van der Waals surface area contributed by atoms with Gasteiger partial charge in [0.05, 0.1) is 12.6 Å². The zero-order valence-electron chi connectivity index (χ0n) is 13.4. The Balaban J connectivity index is 1.31. The van der Waals surface area contributed by atoms with Crippen molar-refractivity contribution in [2.75, 3.05) is 19.6 Å². The van der Waals surface area contributed by atoms with E-state index in [1.807, 2.05) is 12.4 Å². The highest BCUT2D eigenvalue weighted by atomic mass is 16.3. The van der Waals surface area contributed by atoms with Crippen LogP contribution in [0.2, 0.25) is 0 Å². The molecule has 2 aromatic rings. The van der Waals surface area contributed by atoms with Crippen molar-refractivity contribution in [2.45, 2.75) is 37.8 Å². The Labute approximate surface area is 137 Å². The largest absolute Gasteiger partial charge is 0.463 e. The van der Waals surface area contributed by atoms with Gasteiger partial charge in [0.1, 0.15) is 11.5 Å². The van der Waals surface area contributed by atoms with E-state index < -0.39 is 0 Å². The summed E-state index contributed by atoms with van der Waals surface area (Å²) in [4.78, 5) is 6.61. The minimum atomic E-state index is 0.321. The van der Waals surface area contributed by atoms with Crippen LogP contribution >= 0.6 is 0 Å². The summed E-state index contributed by atoms with van der Waals surface area (Å²) in [7, 11) is 0. The predicted octanol–water partition coefficient (Wildman–Crippen LogP) is 2.59. The summed E-state index contributed by atoms with van der Waals surface area (Å²) in [6.07, 6.45) is 7.32. The van der Waals surface area contributed by atoms with Crippen molar-refractivity contribution in [3.63, 3.8) is 0 Å². The number of pyridine rings is 1. The predicted molar refractivity (Wildman–Crippen MR) is 88.7 cm³/mol. The molecule has 122 valence electrons. The van der Waals surface area contributed by atoms with Crippen molar-refractivity contribution >= 4 is 0 Å². The van der Waals surface area contributed by atoms with Crippen LogP contribution in [0.4, 0.5) is 0 Å². The van der Waals surface area contributed by atoms with Gasteiger partial charge in [0.15, 0.2) is 0 Å². The summed E-state index contributed by atoms with van der Waals surface area (Å²) in [6, 6.07) is 8.87. The van der Waals surface area contributed by atoms with Gasteiger partial charge in [-0.15, -0.1) is 0 Å². The molecule has 1 atom stereocenters. The first-order valence-electron chi connectivity index (χ1n) is 8.58. The topological polar surface area (TPSA) is 53.3 Å². The number of nitrogens with zero attached hydrogens (tertiary/aromatic N) is 2. The van der Waals surface area contributed by atoms with E-state index >= 15 is 0 Å². The van der Waals surface area contributed by atoms with Gasteiger partial charge in [-0.05, 0) is 68.1 Å². The van der Waals surface area contributed by atoms with E-state index in [1.165, 1.54) is 18.4 Å². The van der Waals surface area contributed by atoms with Gasteiger partial charge in [-0.3, -0.25) is 15.3 Å². The maximum Gasteiger partial charge on any atom is 0.122 e. The molecule has 2 N–H and O–H groups in total. The van der Waals surface area contributed by atoms with Crippen LogP contribution < -0.4 is 10.9 Å². The quantitative estimate of drug-likeness (QED) is 0.909. The normalized spacial score (nSPS) is 23.4. The zero-order valence-corrected chi connectivity index (χ0v) is 13.4. The van der Waals surface area contributed by atoms with Crippen LogP contribution in [0.25, 0.3) is 0 Å². The summed E-state index contributed by atoms with van der Waals surface area (Å²) < 4.78 is 6.03. The number of hydrogen-bond donors (Lipinski definition) is 2. The van der Waals surface area contributed by atoms with Gasteiger partial charge in [-0.1, -0.05) is 0 Å². The van der Waals surface area contributed by atoms with Crippen molar-refractivity contribution in [2.24, 2.45) is 0 Å². The van der Waals surface area contributed by atoms with Crippen molar-refractivity contribution in [3.05, 3.63) is 53.7 Å². The Hall–Kier alpha value is -1.69. The molecule has 23 heavy (non-hydrogen) atoms. The highest BCUT2D eigenvalue weighted by Gasteiger charge is 2.23. The lowest BCUT2D eigenvalue weighted by Crippen LogP contribution is -2.32. The van der Waals surface area contributed by atoms with E-state index in [4.69, 9.17) is 4.42 Å². The van der Waals surface area contributed by atoms with Crippen LogP contribution in [0.15, 0.2) is 41.1 Å². The van der Waals surface area contributed by atoms with Crippen LogP contribution in [0, 0.1) is 0 Å². The molecule has 5 nitrogen and oxygen atoms in total. The first kappa shape index (κ1) is 14.9. The van der Waals surface area contributed by atoms with Gasteiger partial charge in [0.2, 0.25) is 0 Å². The van der Waals surface area contributed by atoms with E-state index in [0.717, 1.165) is 44.1 Å². The van der Waals surface area contributed by atoms with Gasteiger partial charge >= 0.3 is 0 Å². The molecular formula is C18H24N4O. The molecule has 0 saturated carbocycles. The summed E-state index contributed by atoms with van der Waals surface area (Å²) in [5.41, 5.74) is 7.84. The molecule has 0 bridgehead atoms. The van der Waals surface area contributed by atoms with Crippen molar-refractivity contribution < 1.29 is 4.42 Å². The minimum absolute atomic E-state index is 0.321. The van der Waals surface area contributed by atoms with Gasteiger partial charge in [0.25, 0.3) is 0 Å². The molecule has 2 fully saturated rings. The maximum absolute atomic E-state index is 6.03. The molecule has 0 spiro atoms. The second-order valence-electron chi connectivity index (χ2n) is 6.55. The second-order valence-corrected chi connectivity index (χ2v) is 6.55. The van der Waals surface area contributed by atoms with Crippen molar-refractivity contribution in [1.29, 1.82) is 0 Å². The number of hydrazine groups is 1. The maximum atomic E-state index is 6.03. The van der Waals surface area contributed by atoms with E-state index in [0.29, 0.717) is 12.0 Å². The molecule has 0 aromatic carbocycles. The summed E-state index contributed by atoms with van der Waals surface area (Å²) >= 11 is 0. The standard InChI is InChI=1S/C18H24N4O/c1-2-18(17-5-10-20-21-17)23-16(1)13-22-11-6-15(7-12-22)14-3-8-19-9-4-14/h1-4,8-9,15,17,20-21H,5-7,10-13H2. The van der Waals surface area contributed by atoms with E-state index in [1.54, 1.807) is 0 Å². The van der Waals surface area contributed by atoms with Gasteiger partial charge in [0, 0.05) is 18.9 Å². The fourth-order valence-electron chi connectivity index (χ4n) is 3.64. The Bertz CT molecular complexity index is 613.